The third-order valence-electron chi connectivity index (χ3n) is 4.15. The van der Waals surface area contributed by atoms with Crippen molar-refractivity contribution in [3.8, 4) is 0 Å². The maximum Gasteiger partial charge on any atom is 0.190 e. The number of nitrogens with one attached hydrogen (secondary N) is 1. The van der Waals surface area contributed by atoms with Crippen molar-refractivity contribution in [1.29, 1.82) is 0 Å². The predicted molar refractivity (Wildman–Crippen MR) is 107 cm³/mol. The highest BCUT2D eigenvalue weighted by molar-refractivity contribution is 8.13. The molecule has 0 bridgehead atoms. The molecule has 0 saturated heterocycles. The van der Waals surface area contributed by atoms with Crippen LogP contribution in [0.25, 0.3) is 10.8 Å². The Labute approximate surface area is 164 Å². The molecule has 0 fully saturated rings. The van der Waals surface area contributed by atoms with Crippen molar-refractivity contribution in [3.63, 3.8) is 0 Å². The SMILES string of the molecule is CSC1=Nc2c3c(nc(S)cc(=O)c3cn2CO[C@H](CO)[C@@H](O)[C@H](C)O)N1. The second-order valence-corrected chi connectivity index (χ2v) is 7.29. The van der Waals surface area contributed by atoms with Crippen LogP contribution in [0, 0.1) is 0 Å². The molecular weight excluding hydrogens is 392 g/mol. The van der Waals surface area contributed by atoms with E-state index >= 15 is 0 Å². The minimum absolute atomic E-state index is 0.0828. The zero-order chi connectivity index (χ0) is 19.7. The van der Waals surface area contributed by atoms with Gasteiger partial charge in [-0.2, -0.15) is 0 Å². The lowest BCUT2D eigenvalue weighted by atomic mass is 10.1. The quantitative estimate of drug-likeness (QED) is 0.435. The second-order valence-electron chi connectivity index (χ2n) is 6.03. The molecule has 0 aliphatic carbocycles. The molecule has 1 aliphatic heterocycles. The Morgan fingerprint density at radius 1 is 1.44 bits per heavy atom. The van der Waals surface area contributed by atoms with E-state index in [0.717, 1.165) is 0 Å². The van der Waals surface area contributed by atoms with Gasteiger partial charge in [0.2, 0.25) is 0 Å². The second kappa shape index (κ2) is 8.17. The molecule has 11 heteroatoms. The fourth-order valence-corrected chi connectivity index (χ4v) is 3.33. The van der Waals surface area contributed by atoms with Gasteiger partial charge in [0.1, 0.15) is 30.6 Å². The topological polar surface area (TPSA) is 129 Å². The third-order valence-corrected chi connectivity index (χ3v) is 4.96. The molecule has 3 heterocycles. The van der Waals surface area contributed by atoms with Crippen molar-refractivity contribution >= 4 is 52.0 Å². The number of ether oxygens (including phenoxy) is 1. The summed E-state index contributed by atoms with van der Waals surface area (Å²) >= 11 is 5.58. The first-order valence-corrected chi connectivity index (χ1v) is 9.78. The molecule has 0 aromatic carbocycles. The standard InChI is InChI=1S/C16H20N4O5S2/c1-7(22)13(24)10(5-21)25-6-20-4-8-9(23)3-11(26)17-14-12(8)15(20)19-16(18-14)27-2/h3-4,7,10,13,21-22,24,26H,5-6H2,1-2H3,(H,17,18,19)/t7-,10+,13-/m0/s1. The largest absolute Gasteiger partial charge is 0.394 e. The minimum atomic E-state index is -1.25. The van der Waals surface area contributed by atoms with Crippen molar-refractivity contribution < 1.29 is 20.1 Å². The molecule has 0 spiro atoms. The van der Waals surface area contributed by atoms with Gasteiger partial charge in [-0.3, -0.25) is 4.79 Å². The van der Waals surface area contributed by atoms with E-state index in [-0.39, 0.29) is 17.2 Å². The van der Waals surface area contributed by atoms with E-state index in [2.05, 4.69) is 27.9 Å². The Morgan fingerprint density at radius 3 is 2.81 bits per heavy atom. The van der Waals surface area contributed by atoms with E-state index in [1.54, 1.807) is 10.8 Å². The van der Waals surface area contributed by atoms with Crippen LogP contribution < -0.4 is 10.7 Å². The van der Waals surface area contributed by atoms with E-state index in [1.165, 1.54) is 24.8 Å². The number of thioether (sulfide) groups is 1. The number of aliphatic imine (C=N–C) groups is 1. The number of aliphatic hydroxyl groups is 3. The fourth-order valence-electron chi connectivity index (χ4n) is 2.74. The van der Waals surface area contributed by atoms with E-state index in [0.29, 0.717) is 27.6 Å². The van der Waals surface area contributed by atoms with Crippen LogP contribution in [-0.2, 0) is 11.5 Å². The van der Waals surface area contributed by atoms with E-state index in [9.17, 15) is 20.1 Å². The summed E-state index contributed by atoms with van der Waals surface area (Å²) in [7, 11) is 0. The lowest BCUT2D eigenvalue weighted by Gasteiger charge is -2.24. The van der Waals surface area contributed by atoms with Gasteiger partial charge in [-0.15, -0.1) is 12.6 Å². The number of rotatable bonds is 6. The van der Waals surface area contributed by atoms with Crippen LogP contribution in [0.2, 0.25) is 0 Å². The zero-order valence-corrected chi connectivity index (χ0v) is 16.4. The fraction of sp³-hybridized carbons (Fsp3) is 0.438. The maximum atomic E-state index is 12.5. The average molecular weight is 412 g/mol. The summed E-state index contributed by atoms with van der Waals surface area (Å²) in [5, 5.41) is 33.7. The molecule has 2 aromatic heterocycles. The smallest absolute Gasteiger partial charge is 0.190 e. The molecule has 0 amide bonds. The highest BCUT2D eigenvalue weighted by Crippen LogP contribution is 2.36. The van der Waals surface area contributed by atoms with Crippen LogP contribution in [0.4, 0.5) is 11.6 Å². The molecule has 3 atom stereocenters. The summed E-state index contributed by atoms with van der Waals surface area (Å²) in [5.41, 5.74) is -0.263. The molecule has 3 rings (SSSR count). The highest BCUT2D eigenvalue weighted by atomic mass is 32.2. The molecule has 2 aromatic rings. The molecule has 0 unspecified atom stereocenters. The summed E-state index contributed by atoms with van der Waals surface area (Å²) in [4.78, 5) is 21.3. The van der Waals surface area contributed by atoms with Gasteiger partial charge in [0.25, 0.3) is 0 Å². The van der Waals surface area contributed by atoms with E-state index in [1.807, 2.05) is 6.26 Å². The number of aliphatic hydroxyl groups excluding tert-OH is 3. The summed E-state index contributed by atoms with van der Waals surface area (Å²) in [6.07, 6.45) is 0.134. The summed E-state index contributed by atoms with van der Waals surface area (Å²) < 4.78 is 7.16. The molecule has 146 valence electrons. The number of amidine groups is 1. The van der Waals surface area contributed by atoms with Gasteiger partial charge in [-0.25, -0.2) is 9.98 Å². The summed E-state index contributed by atoms with van der Waals surface area (Å²) in [5.74, 6) is 0.938. The van der Waals surface area contributed by atoms with Gasteiger partial charge in [-0.05, 0) is 13.2 Å². The lowest BCUT2D eigenvalue weighted by molar-refractivity contribution is -0.119. The van der Waals surface area contributed by atoms with Crippen LogP contribution >= 0.6 is 24.4 Å². The first-order valence-electron chi connectivity index (χ1n) is 8.11. The predicted octanol–water partition coefficient (Wildman–Crippen LogP) is 0.538. The third kappa shape index (κ3) is 3.98. The highest BCUT2D eigenvalue weighted by Gasteiger charge is 2.26. The first kappa shape index (κ1) is 20.1. The maximum absolute atomic E-state index is 12.5. The van der Waals surface area contributed by atoms with Gasteiger partial charge in [0, 0.05) is 12.3 Å². The molecule has 1 aliphatic rings. The van der Waals surface area contributed by atoms with Crippen molar-refractivity contribution in [2.24, 2.45) is 4.99 Å². The molecule has 4 N–H and O–H groups in total. The van der Waals surface area contributed by atoms with Crippen LogP contribution in [0.1, 0.15) is 6.92 Å². The number of aromatic nitrogens is 2. The van der Waals surface area contributed by atoms with Crippen LogP contribution in [0.15, 0.2) is 27.1 Å². The van der Waals surface area contributed by atoms with Crippen molar-refractivity contribution in [1.82, 2.24) is 9.55 Å². The van der Waals surface area contributed by atoms with Crippen LogP contribution in [0.5, 0.6) is 0 Å². The van der Waals surface area contributed by atoms with Crippen molar-refractivity contribution in [3.05, 3.63) is 22.5 Å². The van der Waals surface area contributed by atoms with Gasteiger partial charge < -0.3 is 29.9 Å². The van der Waals surface area contributed by atoms with Crippen LogP contribution in [0.3, 0.4) is 0 Å². The number of hydrogen-bond acceptors (Lipinski definition) is 10. The number of thiol groups is 1. The lowest BCUT2D eigenvalue weighted by Crippen LogP contribution is -2.40. The number of hydrogen-bond donors (Lipinski definition) is 5. The molecule has 0 radical (unpaired) electrons. The van der Waals surface area contributed by atoms with E-state index in [4.69, 9.17) is 4.74 Å². The molecule has 27 heavy (non-hydrogen) atoms. The monoisotopic (exact) mass is 412 g/mol. The van der Waals surface area contributed by atoms with Gasteiger partial charge in [0.05, 0.1) is 28.5 Å². The Kier molecular flexibility index (Phi) is 6.08. The minimum Gasteiger partial charge on any atom is -0.394 e. The van der Waals surface area contributed by atoms with Gasteiger partial charge in [0.15, 0.2) is 10.6 Å². The van der Waals surface area contributed by atoms with Crippen LogP contribution in [-0.4, -0.2) is 61.2 Å². The van der Waals surface area contributed by atoms with Crippen molar-refractivity contribution in [2.75, 3.05) is 18.2 Å². The first-order chi connectivity index (χ1) is 12.8. The average Bonchev–Trinajstić information content (AvgIpc) is 2.94. The molecular formula is C16H20N4O5S2. The van der Waals surface area contributed by atoms with Crippen molar-refractivity contribution in [2.45, 2.75) is 37.0 Å². The Morgan fingerprint density at radius 2 is 2.19 bits per heavy atom. The number of nitrogens with zero attached hydrogens (tertiary/aromatic N) is 3. The van der Waals surface area contributed by atoms with Gasteiger partial charge >= 0.3 is 0 Å². The number of anilines is 1. The summed E-state index contributed by atoms with van der Waals surface area (Å²) in [6.45, 7) is 0.850. The van der Waals surface area contributed by atoms with Gasteiger partial charge in [-0.1, -0.05) is 11.8 Å². The normalized spacial score (nSPS) is 16.6. The van der Waals surface area contributed by atoms with E-state index < -0.39 is 24.9 Å². The molecule has 9 nitrogen and oxygen atoms in total. The Balaban J connectivity index is 2.04. The zero-order valence-electron chi connectivity index (χ0n) is 14.7. The Hall–Kier alpha value is -1.63. The molecule has 0 saturated carbocycles. The Bertz CT molecular complexity index is 947. The summed E-state index contributed by atoms with van der Waals surface area (Å²) in [6, 6.07) is 1.32.